The van der Waals surface area contributed by atoms with E-state index in [1.807, 2.05) is 36.4 Å². The van der Waals surface area contributed by atoms with E-state index in [4.69, 9.17) is 4.74 Å². The molecule has 150 valence electrons. The van der Waals surface area contributed by atoms with Gasteiger partial charge in [0.1, 0.15) is 11.4 Å². The molecule has 0 unspecified atom stereocenters. The number of fused-ring (bicyclic) bond motifs is 1. The number of nitrogens with zero attached hydrogens (tertiary/aromatic N) is 4. The maximum absolute atomic E-state index is 12.4. The minimum atomic E-state index is -0.180. The van der Waals surface area contributed by atoms with Gasteiger partial charge in [-0.1, -0.05) is 12.1 Å². The summed E-state index contributed by atoms with van der Waals surface area (Å²) in [5, 5.41) is 2.96. The van der Waals surface area contributed by atoms with Crippen molar-refractivity contribution < 1.29 is 9.53 Å². The quantitative estimate of drug-likeness (QED) is 0.695. The second-order valence-corrected chi connectivity index (χ2v) is 7.03. The zero-order valence-electron chi connectivity index (χ0n) is 16.5. The van der Waals surface area contributed by atoms with Crippen LogP contribution in [0.25, 0.3) is 11.0 Å². The molecule has 0 radical (unpaired) electrons. The van der Waals surface area contributed by atoms with Crippen LogP contribution in [0.15, 0.2) is 54.7 Å². The van der Waals surface area contributed by atoms with Gasteiger partial charge in [0.25, 0.3) is 5.91 Å². The fourth-order valence-corrected chi connectivity index (χ4v) is 3.51. The highest BCUT2D eigenvalue weighted by Crippen LogP contribution is 2.20. The predicted octanol–water partition coefficient (Wildman–Crippen LogP) is 2.19. The molecule has 1 aliphatic rings. The zero-order chi connectivity index (χ0) is 20.1. The van der Waals surface area contributed by atoms with Crippen molar-refractivity contribution in [2.75, 3.05) is 51.3 Å². The van der Waals surface area contributed by atoms with E-state index in [9.17, 15) is 4.79 Å². The highest BCUT2D eigenvalue weighted by atomic mass is 16.5. The Morgan fingerprint density at radius 1 is 1.03 bits per heavy atom. The van der Waals surface area contributed by atoms with Crippen LogP contribution in [0.3, 0.4) is 0 Å². The minimum Gasteiger partial charge on any atom is -0.497 e. The van der Waals surface area contributed by atoms with Crippen LogP contribution in [0.4, 0.5) is 5.69 Å². The number of methoxy groups -OCH3 is 1. The van der Waals surface area contributed by atoms with Crippen molar-refractivity contribution in [3.05, 3.63) is 60.4 Å². The molecule has 29 heavy (non-hydrogen) atoms. The van der Waals surface area contributed by atoms with Gasteiger partial charge in [0.2, 0.25) is 0 Å². The molecule has 2 heterocycles. The second-order valence-electron chi connectivity index (χ2n) is 7.03. The van der Waals surface area contributed by atoms with Crippen molar-refractivity contribution in [1.82, 2.24) is 20.2 Å². The molecule has 1 aliphatic heterocycles. The molecular weight excluding hydrogens is 366 g/mol. The number of anilines is 1. The van der Waals surface area contributed by atoms with E-state index in [0.717, 1.165) is 49.5 Å². The monoisotopic (exact) mass is 391 g/mol. The van der Waals surface area contributed by atoms with Gasteiger partial charge in [0.15, 0.2) is 0 Å². The van der Waals surface area contributed by atoms with E-state index in [-0.39, 0.29) is 5.91 Å². The first-order chi connectivity index (χ1) is 14.2. The van der Waals surface area contributed by atoms with Gasteiger partial charge in [-0.3, -0.25) is 14.7 Å². The first-order valence-corrected chi connectivity index (χ1v) is 9.84. The third-order valence-electron chi connectivity index (χ3n) is 5.20. The smallest absolute Gasteiger partial charge is 0.271 e. The van der Waals surface area contributed by atoms with Gasteiger partial charge in [-0.05, 0) is 36.4 Å². The summed E-state index contributed by atoms with van der Waals surface area (Å²) in [6.07, 6.45) is 1.53. The van der Waals surface area contributed by atoms with Crippen LogP contribution in [0.5, 0.6) is 5.75 Å². The summed E-state index contributed by atoms with van der Waals surface area (Å²) >= 11 is 0. The Kier molecular flexibility index (Phi) is 5.86. The third kappa shape index (κ3) is 4.63. The van der Waals surface area contributed by atoms with Crippen molar-refractivity contribution >= 4 is 22.6 Å². The molecule has 0 spiro atoms. The molecule has 0 saturated carbocycles. The third-order valence-corrected chi connectivity index (χ3v) is 5.20. The maximum Gasteiger partial charge on any atom is 0.271 e. The molecule has 1 amide bonds. The number of para-hydroxylation sites is 2. The number of hydrogen-bond acceptors (Lipinski definition) is 6. The van der Waals surface area contributed by atoms with Gasteiger partial charge in [0, 0.05) is 45.0 Å². The molecule has 0 bridgehead atoms. The minimum absolute atomic E-state index is 0.180. The van der Waals surface area contributed by atoms with Crippen molar-refractivity contribution in [1.29, 1.82) is 0 Å². The lowest BCUT2D eigenvalue weighted by atomic mass is 10.2. The van der Waals surface area contributed by atoms with Crippen molar-refractivity contribution in [2.24, 2.45) is 0 Å². The van der Waals surface area contributed by atoms with Crippen molar-refractivity contribution in [3.63, 3.8) is 0 Å². The Morgan fingerprint density at radius 2 is 1.76 bits per heavy atom. The summed E-state index contributed by atoms with van der Waals surface area (Å²) in [4.78, 5) is 25.8. The molecule has 7 heteroatoms. The van der Waals surface area contributed by atoms with Crippen molar-refractivity contribution in [3.8, 4) is 5.75 Å². The summed E-state index contributed by atoms with van der Waals surface area (Å²) in [7, 11) is 1.68. The van der Waals surface area contributed by atoms with E-state index in [1.54, 1.807) is 7.11 Å². The number of piperazine rings is 1. The lowest BCUT2D eigenvalue weighted by molar-refractivity contribution is 0.0943. The molecule has 0 atom stereocenters. The first-order valence-electron chi connectivity index (χ1n) is 9.84. The van der Waals surface area contributed by atoms with E-state index in [0.29, 0.717) is 12.2 Å². The summed E-state index contributed by atoms with van der Waals surface area (Å²) in [6, 6.07) is 15.7. The number of aromatic nitrogens is 2. The average Bonchev–Trinajstić information content (AvgIpc) is 2.79. The SMILES string of the molecule is COc1ccc(N2CCN(CCNC(=O)c3cnc4ccccc4n3)CC2)cc1. The Bertz CT molecular complexity index is 968. The van der Waals surface area contributed by atoms with E-state index in [2.05, 4.69) is 37.2 Å². The average molecular weight is 391 g/mol. The molecule has 1 saturated heterocycles. The summed E-state index contributed by atoms with van der Waals surface area (Å²) in [5.74, 6) is 0.694. The van der Waals surface area contributed by atoms with Gasteiger partial charge in [0.05, 0.1) is 24.3 Å². The Morgan fingerprint density at radius 3 is 2.48 bits per heavy atom. The normalized spacial score (nSPS) is 14.7. The van der Waals surface area contributed by atoms with Gasteiger partial charge < -0.3 is 15.0 Å². The van der Waals surface area contributed by atoms with Crippen molar-refractivity contribution in [2.45, 2.75) is 0 Å². The molecule has 2 aromatic carbocycles. The van der Waals surface area contributed by atoms with E-state index in [1.165, 1.54) is 11.9 Å². The van der Waals surface area contributed by atoms with Crippen LogP contribution >= 0.6 is 0 Å². The van der Waals surface area contributed by atoms with Gasteiger partial charge in [-0.2, -0.15) is 0 Å². The lowest BCUT2D eigenvalue weighted by Gasteiger charge is -2.36. The van der Waals surface area contributed by atoms with Crippen LogP contribution in [0, 0.1) is 0 Å². The van der Waals surface area contributed by atoms with Crippen LogP contribution in [-0.2, 0) is 0 Å². The zero-order valence-corrected chi connectivity index (χ0v) is 16.5. The second kappa shape index (κ2) is 8.87. The number of ether oxygens (including phenoxy) is 1. The number of benzene rings is 2. The Labute approximate surface area is 170 Å². The lowest BCUT2D eigenvalue weighted by Crippen LogP contribution is -2.48. The van der Waals surface area contributed by atoms with Crippen LogP contribution in [0.1, 0.15) is 10.5 Å². The Balaban J connectivity index is 1.23. The highest BCUT2D eigenvalue weighted by Gasteiger charge is 2.17. The van der Waals surface area contributed by atoms with Gasteiger partial charge in [-0.15, -0.1) is 0 Å². The summed E-state index contributed by atoms with van der Waals surface area (Å²) < 4.78 is 5.22. The molecule has 1 aromatic heterocycles. The first kappa shape index (κ1) is 19.1. The van der Waals surface area contributed by atoms with Gasteiger partial charge >= 0.3 is 0 Å². The molecule has 3 aromatic rings. The number of carbonyl (C=O) groups excluding carboxylic acids is 1. The molecule has 1 N–H and O–H groups in total. The predicted molar refractivity (Wildman–Crippen MR) is 114 cm³/mol. The van der Waals surface area contributed by atoms with Crippen LogP contribution in [0.2, 0.25) is 0 Å². The number of carbonyl (C=O) groups is 1. The standard InChI is InChI=1S/C22H25N5O2/c1-29-18-8-6-17(7-9-18)27-14-12-26(13-15-27)11-10-23-22(28)21-16-24-19-4-2-3-5-20(19)25-21/h2-9,16H,10-15H2,1H3,(H,23,28). The van der Waals surface area contributed by atoms with Gasteiger partial charge in [-0.25, -0.2) is 4.98 Å². The summed E-state index contributed by atoms with van der Waals surface area (Å²) in [5.41, 5.74) is 3.09. The molecule has 1 fully saturated rings. The number of amides is 1. The number of nitrogens with one attached hydrogen (secondary N) is 1. The number of hydrogen-bond donors (Lipinski definition) is 1. The largest absolute Gasteiger partial charge is 0.497 e. The maximum atomic E-state index is 12.4. The van der Waals surface area contributed by atoms with E-state index >= 15 is 0 Å². The topological polar surface area (TPSA) is 70.6 Å². The Hall–Kier alpha value is -3.19. The van der Waals surface area contributed by atoms with E-state index < -0.39 is 0 Å². The highest BCUT2D eigenvalue weighted by molar-refractivity contribution is 5.93. The van der Waals surface area contributed by atoms with Crippen LogP contribution < -0.4 is 15.0 Å². The fraction of sp³-hybridized carbons (Fsp3) is 0.318. The van der Waals surface area contributed by atoms with Crippen LogP contribution in [-0.4, -0.2) is 67.2 Å². The fourth-order valence-electron chi connectivity index (χ4n) is 3.51. The molecule has 0 aliphatic carbocycles. The summed E-state index contributed by atoms with van der Waals surface area (Å²) in [6.45, 7) is 5.29. The molecule has 7 nitrogen and oxygen atoms in total. The molecule has 4 rings (SSSR count). The molecular formula is C22H25N5O2. The number of rotatable bonds is 6.